The molecule has 0 fully saturated rings. The number of thioether (sulfide) groups is 1. The van der Waals surface area contributed by atoms with Crippen molar-refractivity contribution < 1.29 is 22.7 Å². The zero-order chi connectivity index (χ0) is 20.0. The highest BCUT2D eigenvalue weighted by Crippen LogP contribution is 2.12. The van der Waals surface area contributed by atoms with Gasteiger partial charge in [0, 0.05) is 0 Å². The maximum atomic E-state index is 12.4. The van der Waals surface area contributed by atoms with Crippen molar-refractivity contribution in [3.05, 3.63) is 29.8 Å². The number of alkyl carbamates (subject to hydrolysis) is 1. The van der Waals surface area contributed by atoms with Crippen LogP contribution in [0, 0.1) is 6.92 Å². The number of ether oxygens (including phenoxy) is 1. The molecule has 0 aliphatic carbocycles. The third kappa shape index (κ3) is 7.65. The highest BCUT2D eigenvalue weighted by atomic mass is 32.2. The van der Waals surface area contributed by atoms with Crippen LogP contribution in [-0.2, 0) is 19.6 Å². The van der Waals surface area contributed by atoms with Crippen molar-refractivity contribution in [1.29, 1.82) is 0 Å². The molecule has 0 spiro atoms. The number of carbonyl (C=O) groups is 2. The lowest BCUT2D eigenvalue weighted by molar-refractivity contribution is -0.121. The number of hydrogen-bond donors (Lipinski definition) is 2. The highest BCUT2D eigenvalue weighted by Gasteiger charge is 2.27. The van der Waals surface area contributed by atoms with Crippen molar-refractivity contribution in [1.82, 2.24) is 10.0 Å². The number of amides is 2. The third-order valence-corrected chi connectivity index (χ3v) is 5.19. The number of benzene rings is 1. The van der Waals surface area contributed by atoms with Crippen LogP contribution in [0.1, 0.15) is 32.8 Å². The minimum absolute atomic E-state index is 0.0164. The van der Waals surface area contributed by atoms with Crippen LogP contribution in [0.3, 0.4) is 0 Å². The Bertz CT molecular complexity index is 725. The van der Waals surface area contributed by atoms with Crippen molar-refractivity contribution in [3.63, 3.8) is 0 Å². The highest BCUT2D eigenvalue weighted by molar-refractivity contribution is 7.98. The molecule has 0 aliphatic rings. The Morgan fingerprint density at radius 1 is 1.19 bits per heavy atom. The lowest BCUT2D eigenvalue weighted by Gasteiger charge is -2.23. The Labute approximate surface area is 159 Å². The largest absolute Gasteiger partial charge is 0.444 e. The minimum atomic E-state index is -4.02. The van der Waals surface area contributed by atoms with Gasteiger partial charge in [0.05, 0.1) is 4.90 Å². The fourth-order valence-electron chi connectivity index (χ4n) is 1.93. The average Bonchev–Trinajstić information content (AvgIpc) is 2.49. The molecule has 0 heterocycles. The lowest BCUT2D eigenvalue weighted by Crippen LogP contribution is -2.49. The van der Waals surface area contributed by atoms with Crippen LogP contribution >= 0.6 is 11.8 Å². The first-order valence-corrected chi connectivity index (χ1v) is 10.9. The normalized spacial score (nSPS) is 13.0. The van der Waals surface area contributed by atoms with Crippen LogP contribution in [0.2, 0.25) is 0 Å². The Balaban J connectivity index is 2.87. The first-order chi connectivity index (χ1) is 11.9. The molecule has 26 heavy (non-hydrogen) atoms. The topological polar surface area (TPSA) is 102 Å². The fourth-order valence-corrected chi connectivity index (χ4v) is 3.42. The van der Waals surface area contributed by atoms with Gasteiger partial charge in [-0.25, -0.2) is 17.9 Å². The van der Waals surface area contributed by atoms with Gasteiger partial charge >= 0.3 is 6.09 Å². The lowest BCUT2D eigenvalue weighted by atomic mass is 10.2. The molecule has 0 radical (unpaired) electrons. The number of rotatable bonds is 7. The van der Waals surface area contributed by atoms with Gasteiger partial charge in [-0.15, -0.1) is 0 Å². The van der Waals surface area contributed by atoms with E-state index in [1.54, 1.807) is 32.9 Å². The average molecular weight is 403 g/mol. The smallest absolute Gasteiger partial charge is 0.408 e. The van der Waals surface area contributed by atoms with E-state index in [4.69, 9.17) is 4.74 Å². The Kier molecular flexibility index (Phi) is 7.95. The van der Waals surface area contributed by atoms with E-state index in [9.17, 15) is 18.0 Å². The fraction of sp³-hybridized carbons (Fsp3) is 0.529. The van der Waals surface area contributed by atoms with E-state index in [1.807, 2.05) is 17.9 Å². The zero-order valence-corrected chi connectivity index (χ0v) is 17.3. The number of hydrogen-bond acceptors (Lipinski definition) is 6. The van der Waals surface area contributed by atoms with Gasteiger partial charge in [0.2, 0.25) is 0 Å². The number of carbonyl (C=O) groups excluding carboxylic acids is 2. The van der Waals surface area contributed by atoms with Crippen LogP contribution in [0.4, 0.5) is 4.79 Å². The molecule has 1 atom stereocenters. The summed E-state index contributed by atoms with van der Waals surface area (Å²) >= 11 is 1.48. The summed E-state index contributed by atoms with van der Waals surface area (Å²) in [6.07, 6.45) is 1.35. The minimum Gasteiger partial charge on any atom is -0.444 e. The monoisotopic (exact) mass is 402 g/mol. The van der Waals surface area contributed by atoms with Crippen molar-refractivity contribution in [2.24, 2.45) is 0 Å². The van der Waals surface area contributed by atoms with E-state index in [0.29, 0.717) is 5.75 Å². The third-order valence-electron chi connectivity index (χ3n) is 3.18. The van der Waals surface area contributed by atoms with Gasteiger partial charge in [0.15, 0.2) is 0 Å². The van der Waals surface area contributed by atoms with Gasteiger partial charge in [-0.2, -0.15) is 11.8 Å². The van der Waals surface area contributed by atoms with Crippen molar-refractivity contribution in [3.8, 4) is 0 Å². The Hall–Kier alpha value is -1.74. The molecule has 0 saturated carbocycles. The number of nitrogens with one attached hydrogen (secondary N) is 2. The van der Waals surface area contributed by atoms with Crippen molar-refractivity contribution in [2.75, 3.05) is 12.0 Å². The van der Waals surface area contributed by atoms with Crippen LogP contribution in [0.5, 0.6) is 0 Å². The van der Waals surface area contributed by atoms with Crippen molar-refractivity contribution in [2.45, 2.75) is 50.7 Å². The molecule has 1 aromatic carbocycles. The molecule has 1 rings (SSSR count). The summed E-state index contributed by atoms with van der Waals surface area (Å²) in [6.45, 7) is 6.93. The predicted molar refractivity (Wildman–Crippen MR) is 103 cm³/mol. The van der Waals surface area contributed by atoms with E-state index in [0.717, 1.165) is 5.56 Å². The van der Waals surface area contributed by atoms with E-state index in [-0.39, 0.29) is 11.3 Å². The summed E-state index contributed by atoms with van der Waals surface area (Å²) in [5, 5.41) is 2.44. The summed E-state index contributed by atoms with van der Waals surface area (Å²) in [7, 11) is -4.02. The molecule has 0 unspecified atom stereocenters. The Morgan fingerprint density at radius 3 is 2.27 bits per heavy atom. The molecule has 7 nitrogen and oxygen atoms in total. The SMILES string of the molecule is CSCC[C@H](NC(=O)OC(C)(C)C)C(=O)NS(=O)(=O)c1ccc(C)cc1. The van der Waals surface area contributed by atoms with Gasteiger partial charge in [0.25, 0.3) is 15.9 Å². The molecule has 0 bridgehead atoms. The van der Waals surface area contributed by atoms with Crippen LogP contribution in [0.25, 0.3) is 0 Å². The maximum Gasteiger partial charge on any atom is 0.408 e. The van der Waals surface area contributed by atoms with E-state index in [2.05, 4.69) is 5.32 Å². The molecule has 1 aromatic rings. The summed E-state index contributed by atoms with van der Waals surface area (Å²) in [5.74, 6) is -0.233. The van der Waals surface area contributed by atoms with Gasteiger partial charge < -0.3 is 10.1 Å². The molecule has 0 aliphatic heterocycles. The molecule has 0 aromatic heterocycles. The molecule has 2 N–H and O–H groups in total. The predicted octanol–water partition coefficient (Wildman–Crippen LogP) is 2.45. The Morgan fingerprint density at radius 2 is 1.77 bits per heavy atom. The first kappa shape index (κ1) is 22.3. The quantitative estimate of drug-likeness (QED) is 0.726. The van der Waals surface area contributed by atoms with E-state index < -0.39 is 33.7 Å². The second-order valence-corrected chi connectivity index (χ2v) is 9.43. The standard InChI is InChI=1S/C17H26N2O5S2/c1-12-6-8-13(9-7-12)26(22,23)19-15(20)14(10-11-25-5)18-16(21)24-17(2,3)4/h6-9,14H,10-11H2,1-5H3,(H,18,21)(H,19,20)/t14-/m0/s1. The molecular formula is C17H26N2O5S2. The maximum absolute atomic E-state index is 12.4. The molecule has 0 saturated heterocycles. The summed E-state index contributed by atoms with van der Waals surface area (Å²) in [4.78, 5) is 24.4. The van der Waals surface area contributed by atoms with Gasteiger partial charge in [-0.1, -0.05) is 17.7 Å². The second-order valence-electron chi connectivity index (χ2n) is 6.76. The number of sulfonamides is 1. The summed E-state index contributed by atoms with van der Waals surface area (Å²) in [6, 6.07) is 5.11. The van der Waals surface area contributed by atoms with Crippen LogP contribution in [0.15, 0.2) is 29.2 Å². The van der Waals surface area contributed by atoms with E-state index >= 15 is 0 Å². The van der Waals surface area contributed by atoms with Gasteiger partial charge in [0.1, 0.15) is 11.6 Å². The summed E-state index contributed by atoms with van der Waals surface area (Å²) < 4.78 is 31.9. The molecular weight excluding hydrogens is 376 g/mol. The summed E-state index contributed by atoms with van der Waals surface area (Å²) in [5.41, 5.74) is 0.179. The van der Waals surface area contributed by atoms with Gasteiger partial charge in [-0.05, 0) is 58.3 Å². The second kappa shape index (κ2) is 9.27. The van der Waals surface area contributed by atoms with Crippen molar-refractivity contribution >= 4 is 33.8 Å². The van der Waals surface area contributed by atoms with Crippen LogP contribution in [-0.4, -0.2) is 44.1 Å². The van der Waals surface area contributed by atoms with Crippen LogP contribution < -0.4 is 10.0 Å². The molecule has 9 heteroatoms. The van der Waals surface area contributed by atoms with E-state index in [1.165, 1.54) is 23.9 Å². The first-order valence-electron chi connectivity index (χ1n) is 8.06. The van der Waals surface area contributed by atoms with Gasteiger partial charge in [-0.3, -0.25) is 4.79 Å². The zero-order valence-electron chi connectivity index (χ0n) is 15.7. The molecule has 146 valence electrons. The molecule has 2 amide bonds. The number of aryl methyl sites for hydroxylation is 1.